The third-order valence-electron chi connectivity index (χ3n) is 3.74. The maximum atomic E-state index is 12.0. The molecule has 136 valence electrons. The topological polar surface area (TPSA) is 108 Å². The molecule has 0 aliphatic rings. The number of esters is 1. The number of benzene rings is 2. The lowest BCUT2D eigenvalue weighted by Crippen LogP contribution is -2.21. The first-order valence-corrected chi connectivity index (χ1v) is 7.68. The molecule has 1 amide bonds. The van der Waals surface area contributed by atoms with Crippen LogP contribution in [0, 0.1) is 24.0 Å². The van der Waals surface area contributed by atoms with Crippen LogP contribution in [0.5, 0.6) is 5.75 Å². The molecule has 0 fully saturated rings. The van der Waals surface area contributed by atoms with Gasteiger partial charge in [-0.3, -0.25) is 14.9 Å². The molecule has 0 unspecified atom stereocenters. The first-order chi connectivity index (χ1) is 12.3. The Morgan fingerprint density at radius 2 is 1.85 bits per heavy atom. The van der Waals surface area contributed by atoms with Gasteiger partial charge in [0, 0.05) is 12.1 Å². The number of nitrogens with one attached hydrogen (secondary N) is 1. The van der Waals surface area contributed by atoms with Crippen molar-refractivity contribution in [2.24, 2.45) is 0 Å². The summed E-state index contributed by atoms with van der Waals surface area (Å²) in [6, 6.07) is 8.89. The first kappa shape index (κ1) is 18.9. The second kappa shape index (κ2) is 8.11. The van der Waals surface area contributed by atoms with Crippen LogP contribution in [-0.4, -0.2) is 30.5 Å². The van der Waals surface area contributed by atoms with Gasteiger partial charge in [-0.2, -0.15) is 0 Å². The number of nitro groups is 1. The lowest BCUT2D eigenvalue weighted by Gasteiger charge is -2.10. The second-order valence-electron chi connectivity index (χ2n) is 5.57. The van der Waals surface area contributed by atoms with Gasteiger partial charge in [-0.1, -0.05) is 6.07 Å². The Labute approximate surface area is 149 Å². The molecule has 2 aromatic carbocycles. The molecule has 0 aromatic heterocycles. The molecule has 26 heavy (non-hydrogen) atoms. The largest absolute Gasteiger partial charge is 0.495 e. The van der Waals surface area contributed by atoms with Crippen LogP contribution in [0.1, 0.15) is 21.5 Å². The van der Waals surface area contributed by atoms with Crippen molar-refractivity contribution in [1.29, 1.82) is 0 Å². The van der Waals surface area contributed by atoms with Gasteiger partial charge in [0.1, 0.15) is 5.75 Å². The van der Waals surface area contributed by atoms with Gasteiger partial charge in [0.15, 0.2) is 6.61 Å². The van der Waals surface area contributed by atoms with Crippen molar-refractivity contribution < 1.29 is 24.0 Å². The van der Waals surface area contributed by atoms with Gasteiger partial charge in [-0.15, -0.1) is 0 Å². The fraction of sp³-hybridized carbons (Fsp3) is 0.222. The monoisotopic (exact) mass is 358 g/mol. The van der Waals surface area contributed by atoms with Gasteiger partial charge in [-0.05, 0) is 43.2 Å². The van der Waals surface area contributed by atoms with E-state index in [2.05, 4.69) is 5.32 Å². The quantitative estimate of drug-likeness (QED) is 0.483. The van der Waals surface area contributed by atoms with Gasteiger partial charge in [0.25, 0.3) is 11.6 Å². The van der Waals surface area contributed by atoms with Gasteiger partial charge in [0.2, 0.25) is 0 Å². The molecule has 2 rings (SSSR count). The van der Waals surface area contributed by atoms with Crippen LogP contribution in [0.4, 0.5) is 11.4 Å². The van der Waals surface area contributed by atoms with Crippen LogP contribution < -0.4 is 10.1 Å². The minimum absolute atomic E-state index is 0.119. The number of ether oxygens (including phenoxy) is 2. The molecule has 0 heterocycles. The van der Waals surface area contributed by atoms with Crippen LogP contribution >= 0.6 is 0 Å². The summed E-state index contributed by atoms with van der Waals surface area (Å²) in [5, 5.41) is 13.3. The first-order valence-electron chi connectivity index (χ1n) is 7.68. The van der Waals surface area contributed by atoms with Crippen molar-refractivity contribution >= 4 is 23.3 Å². The van der Waals surface area contributed by atoms with Crippen molar-refractivity contribution in [1.82, 2.24) is 0 Å². The van der Waals surface area contributed by atoms with Crippen molar-refractivity contribution in [3.63, 3.8) is 0 Å². The molecule has 0 saturated heterocycles. The fourth-order valence-corrected chi connectivity index (χ4v) is 2.18. The molecule has 8 nitrogen and oxygen atoms in total. The number of nitro benzene ring substituents is 1. The fourth-order valence-electron chi connectivity index (χ4n) is 2.18. The smallest absolute Gasteiger partial charge is 0.338 e. The number of methoxy groups -OCH3 is 1. The Morgan fingerprint density at radius 3 is 2.46 bits per heavy atom. The summed E-state index contributed by atoms with van der Waals surface area (Å²) in [6.45, 7) is 3.26. The van der Waals surface area contributed by atoms with Gasteiger partial charge < -0.3 is 14.8 Å². The Hall–Kier alpha value is -3.42. The van der Waals surface area contributed by atoms with Crippen LogP contribution in [0.2, 0.25) is 0 Å². The Kier molecular flexibility index (Phi) is 5.90. The molecule has 0 aliphatic carbocycles. The normalized spacial score (nSPS) is 10.1. The number of aryl methyl sites for hydroxylation is 2. The average Bonchev–Trinajstić information content (AvgIpc) is 2.61. The predicted molar refractivity (Wildman–Crippen MR) is 94.5 cm³/mol. The number of hydrogen-bond acceptors (Lipinski definition) is 6. The van der Waals surface area contributed by atoms with Crippen molar-refractivity contribution in [3.8, 4) is 5.75 Å². The highest BCUT2D eigenvalue weighted by Crippen LogP contribution is 2.28. The zero-order valence-corrected chi connectivity index (χ0v) is 14.6. The predicted octanol–water partition coefficient (Wildman–Crippen LogP) is 3.02. The number of amides is 1. The molecule has 1 N–H and O–H groups in total. The number of nitrogens with zero attached hydrogens (tertiary/aromatic N) is 1. The van der Waals surface area contributed by atoms with E-state index >= 15 is 0 Å². The summed E-state index contributed by atoms with van der Waals surface area (Å²) in [5.41, 5.74) is 2.23. The van der Waals surface area contributed by atoms with Crippen LogP contribution in [0.15, 0.2) is 36.4 Å². The molecule has 0 atom stereocenters. The molecule has 0 bridgehead atoms. The van der Waals surface area contributed by atoms with Crippen molar-refractivity contribution in [2.45, 2.75) is 13.8 Å². The van der Waals surface area contributed by atoms with Crippen molar-refractivity contribution in [2.75, 3.05) is 19.0 Å². The van der Waals surface area contributed by atoms with E-state index in [0.29, 0.717) is 5.56 Å². The third-order valence-corrected chi connectivity index (χ3v) is 3.74. The molecule has 8 heteroatoms. The average molecular weight is 358 g/mol. The van der Waals surface area contributed by atoms with E-state index in [4.69, 9.17) is 9.47 Å². The lowest BCUT2D eigenvalue weighted by atomic mass is 10.1. The van der Waals surface area contributed by atoms with Crippen molar-refractivity contribution in [3.05, 3.63) is 63.2 Å². The zero-order chi connectivity index (χ0) is 19.3. The van der Waals surface area contributed by atoms with E-state index in [1.165, 1.54) is 25.3 Å². The summed E-state index contributed by atoms with van der Waals surface area (Å²) in [4.78, 5) is 34.3. The number of carbonyl (C=O) groups excluding carboxylic acids is 2. The van der Waals surface area contributed by atoms with Gasteiger partial charge in [0.05, 0.1) is 23.3 Å². The lowest BCUT2D eigenvalue weighted by molar-refractivity contribution is -0.384. The summed E-state index contributed by atoms with van der Waals surface area (Å²) in [5.74, 6) is -1.01. The third kappa shape index (κ3) is 4.56. The van der Waals surface area contributed by atoms with Gasteiger partial charge in [-0.25, -0.2) is 4.79 Å². The van der Waals surface area contributed by atoms with E-state index in [1.54, 1.807) is 18.2 Å². The summed E-state index contributed by atoms with van der Waals surface area (Å²) in [6.07, 6.45) is 0. The van der Waals surface area contributed by atoms with Crippen LogP contribution in [0.25, 0.3) is 0 Å². The number of anilines is 1. The highest BCUT2D eigenvalue weighted by molar-refractivity contribution is 5.96. The van der Waals surface area contributed by atoms with Crippen LogP contribution in [0.3, 0.4) is 0 Å². The summed E-state index contributed by atoms with van der Waals surface area (Å²) < 4.78 is 10.0. The second-order valence-corrected chi connectivity index (χ2v) is 5.57. The van der Waals surface area contributed by atoms with Gasteiger partial charge >= 0.3 is 5.97 Å². The molecule has 0 spiro atoms. The minimum atomic E-state index is -0.638. The molecular formula is C18H18N2O6. The maximum absolute atomic E-state index is 12.0. The van der Waals surface area contributed by atoms with E-state index in [1.807, 2.05) is 13.8 Å². The van der Waals surface area contributed by atoms with Crippen LogP contribution in [-0.2, 0) is 9.53 Å². The Bertz CT molecular complexity index is 863. The number of carbonyl (C=O) groups is 2. The highest BCUT2D eigenvalue weighted by Gasteiger charge is 2.15. The Balaban J connectivity index is 2.02. The minimum Gasteiger partial charge on any atom is -0.495 e. The standard InChI is InChI=1S/C18H18N2O6/c1-11-4-5-13(8-12(11)2)18(22)26-10-17(21)19-15-9-14(20(23)24)6-7-16(15)25-3/h4-9H,10H2,1-3H3,(H,19,21). The van der Waals surface area contributed by atoms with E-state index < -0.39 is 23.4 Å². The summed E-state index contributed by atoms with van der Waals surface area (Å²) in [7, 11) is 1.37. The SMILES string of the molecule is COc1ccc([N+](=O)[O-])cc1NC(=O)COC(=O)c1ccc(C)c(C)c1. The number of non-ortho nitro benzene ring substituents is 1. The number of rotatable bonds is 6. The molecule has 0 radical (unpaired) electrons. The molecule has 0 aliphatic heterocycles. The van der Waals surface area contributed by atoms with E-state index in [9.17, 15) is 19.7 Å². The molecule has 0 saturated carbocycles. The summed E-state index contributed by atoms with van der Waals surface area (Å²) >= 11 is 0. The maximum Gasteiger partial charge on any atom is 0.338 e. The zero-order valence-electron chi connectivity index (χ0n) is 14.6. The Morgan fingerprint density at radius 1 is 1.12 bits per heavy atom. The highest BCUT2D eigenvalue weighted by atomic mass is 16.6. The van der Waals surface area contributed by atoms with E-state index in [0.717, 1.165) is 11.1 Å². The van der Waals surface area contributed by atoms with E-state index in [-0.39, 0.29) is 17.1 Å². The molecule has 2 aromatic rings. The molecular weight excluding hydrogens is 340 g/mol. The number of hydrogen-bond donors (Lipinski definition) is 1.